The van der Waals surface area contributed by atoms with Crippen LogP contribution < -0.4 is 4.74 Å². The van der Waals surface area contributed by atoms with E-state index in [0.717, 1.165) is 37.9 Å². The van der Waals surface area contributed by atoms with Gasteiger partial charge in [-0.2, -0.15) is 0 Å². The molecule has 1 aromatic rings. The van der Waals surface area contributed by atoms with Crippen molar-refractivity contribution < 1.29 is 19.4 Å². The predicted octanol–water partition coefficient (Wildman–Crippen LogP) is 3.48. The smallest absolute Gasteiger partial charge is 0.303 e. The zero-order valence-corrected chi connectivity index (χ0v) is 13.9. The number of likely N-dealkylation sites (tertiary alicyclic amines) is 1. The number of carboxylic acid groups (broad SMARTS) is 1. The summed E-state index contributed by atoms with van der Waals surface area (Å²) in [4.78, 5) is 25.5. The molecule has 1 aliphatic heterocycles. The summed E-state index contributed by atoms with van der Waals surface area (Å²) in [5.74, 6) is 0.0167. The highest BCUT2D eigenvalue weighted by atomic mass is 16.5. The van der Waals surface area contributed by atoms with Crippen LogP contribution in [0.1, 0.15) is 61.7 Å². The van der Waals surface area contributed by atoms with Crippen LogP contribution in [0.2, 0.25) is 0 Å². The van der Waals surface area contributed by atoms with E-state index in [-0.39, 0.29) is 18.4 Å². The molecular weight excluding hydrogens is 306 g/mol. The van der Waals surface area contributed by atoms with Gasteiger partial charge in [0.05, 0.1) is 6.10 Å². The molecule has 1 heterocycles. The van der Waals surface area contributed by atoms with Crippen molar-refractivity contribution >= 4 is 11.9 Å². The first-order valence-electron chi connectivity index (χ1n) is 8.93. The first kappa shape index (κ1) is 16.8. The van der Waals surface area contributed by atoms with Gasteiger partial charge in [-0.05, 0) is 69.2 Å². The fourth-order valence-corrected chi connectivity index (χ4v) is 3.38. The first-order chi connectivity index (χ1) is 11.6. The lowest BCUT2D eigenvalue weighted by atomic mass is 9.96. The van der Waals surface area contributed by atoms with Gasteiger partial charge in [0.25, 0.3) is 5.91 Å². The minimum atomic E-state index is -0.800. The number of ether oxygens (including phenoxy) is 1. The molecule has 1 N–H and O–H groups in total. The van der Waals surface area contributed by atoms with Gasteiger partial charge in [-0.25, -0.2) is 0 Å². The van der Waals surface area contributed by atoms with Crippen LogP contribution in [-0.4, -0.2) is 40.6 Å². The molecule has 0 bridgehead atoms. The number of hydrogen-bond acceptors (Lipinski definition) is 3. The molecular formula is C19H25NO4. The molecule has 2 fully saturated rings. The minimum Gasteiger partial charge on any atom is -0.490 e. The molecule has 0 radical (unpaired) electrons. The Morgan fingerprint density at radius 3 is 2.46 bits per heavy atom. The topological polar surface area (TPSA) is 66.8 Å². The van der Waals surface area contributed by atoms with Crippen molar-refractivity contribution in [3.8, 4) is 5.75 Å². The predicted molar refractivity (Wildman–Crippen MR) is 90.3 cm³/mol. The number of aliphatic carboxylic acids is 1. The molecule has 5 nitrogen and oxygen atoms in total. The number of piperidine rings is 1. The second kappa shape index (κ2) is 7.69. The van der Waals surface area contributed by atoms with Crippen LogP contribution in [0.3, 0.4) is 0 Å². The number of carboxylic acids is 1. The van der Waals surface area contributed by atoms with Gasteiger partial charge < -0.3 is 14.7 Å². The summed E-state index contributed by atoms with van der Waals surface area (Å²) in [5.41, 5.74) is 0.651. The third-order valence-corrected chi connectivity index (χ3v) is 5.04. The number of benzene rings is 1. The SMILES string of the molecule is O=C(O)CCC1CCCCN1C(=O)c1ccc(OC2CCC2)cc1. The second-order valence-electron chi connectivity index (χ2n) is 6.78. The highest BCUT2D eigenvalue weighted by Crippen LogP contribution is 2.27. The Labute approximate surface area is 142 Å². The molecule has 1 saturated heterocycles. The number of amides is 1. The maximum atomic E-state index is 12.8. The van der Waals surface area contributed by atoms with Gasteiger partial charge in [0, 0.05) is 24.6 Å². The molecule has 1 atom stereocenters. The Bertz CT molecular complexity index is 580. The molecule has 0 aromatic heterocycles. The molecule has 1 saturated carbocycles. The van der Waals surface area contributed by atoms with Crippen molar-refractivity contribution in [2.75, 3.05) is 6.54 Å². The Morgan fingerprint density at radius 1 is 1.08 bits per heavy atom. The summed E-state index contributed by atoms with van der Waals surface area (Å²) in [6.07, 6.45) is 7.36. The van der Waals surface area contributed by atoms with Crippen LogP contribution in [0.25, 0.3) is 0 Å². The van der Waals surface area contributed by atoms with Gasteiger partial charge in [-0.1, -0.05) is 0 Å². The Kier molecular flexibility index (Phi) is 5.38. The summed E-state index contributed by atoms with van der Waals surface area (Å²) in [5, 5.41) is 8.90. The van der Waals surface area contributed by atoms with Gasteiger partial charge in [0.1, 0.15) is 5.75 Å². The third-order valence-electron chi connectivity index (χ3n) is 5.04. The van der Waals surface area contributed by atoms with Crippen molar-refractivity contribution in [3.05, 3.63) is 29.8 Å². The van der Waals surface area contributed by atoms with Gasteiger partial charge in [-0.15, -0.1) is 0 Å². The van der Waals surface area contributed by atoms with E-state index in [1.807, 2.05) is 29.2 Å². The third kappa shape index (κ3) is 4.08. The summed E-state index contributed by atoms with van der Waals surface area (Å²) < 4.78 is 5.83. The fraction of sp³-hybridized carbons (Fsp3) is 0.579. The summed E-state index contributed by atoms with van der Waals surface area (Å²) in [6, 6.07) is 7.40. The van der Waals surface area contributed by atoms with Gasteiger partial charge in [-0.3, -0.25) is 9.59 Å². The average Bonchev–Trinajstić information content (AvgIpc) is 2.56. The molecule has 5 heteroatoms. The van der Waals surface area contributed by atoms with Crippen molar-refractivity contribution in [2.45, 2.75) is 63.5 Å². The second-order valence-corrected chi connectivity index (χ2v) is 6.78. The first-order valence-corrected chi connectivity index (χ1v) is 8.93. The van der Waals surface area contributed by atoms with E-state index in [1.54, 1.807) is 0 Å². The highest BCUT2D eigenvalue weighted by molar-refractivity contribution is 5.94. The largest absolute Gasteiger partial charge is 0.490 e. The Hall–Kier alpha value is -2.04. The van der Waals surface area contributed by atoms with Crippen LogP contribution in [0.15, 0.2) is 24.3 Å². The van der Waals surface area contributed by atoms with Crippen molar-refractivity contribution in [1.82, 2.24) is 4.90 Å². The Balaban J connectivity index is 1.63. The maximum absolute atomic E-state index is 12.8. The van der Waals surface area contributed by atoms with Crippen LogP contribution in [-0.2, 0) is 4.79 Å². The molecule has 1 unspecified atom stereocenters. The lowest BCUT2D eigenvalue weighted by Gasteiger charge is -2.35. The van der Waals surface area contributed by atoms with Gasteiger partial charge >= 0.3 is 5.97 Å². The number of hydrogen-bond donors (Lipinski definition) is 1. The maximum Gasteiger partial charge on any atom is 0.303 e. The molecule has 3 rings (SSSR count). The molecule has 1 amide bonds. The van der Waals surface area contributed by atoms with Crippen molar-refractivity contribution in [2.24, 2.45) is 0 Å². The lowest BCUT2D eigenvalue weighted by Crippen LogP contribution is -2.43. The van der Waals surface area contributed by atoms with Crippen molar-refractivity contribution in [3.63, 3.8) is 0 Å². The number of rotatable bonds is 6. The normalized spacial score (nSPS) is 21.2. The van der Waals surface area contributed by atoms with Crippen LogP contribution in [0.4, 0.5) is 0 Å². The van der Waals surface area contributed by atoms with Crippen LogP contribution in [0.5, 0.6) is 5.75 Å². The van der Waals surface area contributed by atoms with Gasteiger partial charge in [0.2, 0.25) is 0 Å². The standard InChI is InChI=1S/C19H25NO4/c21-18(22)12-9-15-4-1-2-13-20(15)19(23)14-7-10-17(11-8-14)24-16-5-3-6-16/h7-8,10-11,15-16H,1-6,9,12-13H2,(H,21,22). The summed E-state index contributed by atoms with van der Waals surface area (Å²) >= 11 is 0. The Morgan fingerprint density at radius 2 is 1.83 bits per heavy atom. The molecule has 0 spiro atoms. The number of carbonyl (C=O) groups excluding carboxylic acids is 1. The summed E-state index contributed by atoms with van der Waals surface area (Å²) in [6.45, 7) is 0.712. The van der Waals surface area contributed by atoms with E-state index >= 15 is 0 Å². The van der Waals surface area contributed by atoms with E-state index in [1.165, 1.54) is 6.42 Å². The molecule has 130 valence electrons. The molecule has 24 heavy (non-hydrogen) atoms. The van der Waals surface area contributed by atoms with E-state index in [4.69, 9.17) is 9.84 Å². The molecule has 2 aliphatic rings. The zero-order chi connectivity index (χ0) is 16.9. The monoisotopic (exact) mass is 331 g/mol. The number of nitrogens with zero attached hydrogens (tertiary/aromatic N) is 1. The quantitative estimate of drug-likeness (QED) is 0.866. The van der Waals surface area contributed by atoms with Crippen LogP contribution in [0, 0.1) is 0 Å². The lowest BCUT2D eigenvalue weighted by molar-refractivity contribution is -0.137. The molecule has 1 aromatic carbocycles. The summed E-state index contributed by atoms with van der Waals surface area (Å²) in [7, 11) is 0. The highest BCUT2D eigenvalue weighted by Gasteiger charge is 2.28. The van der Waals surface area contributed by atoms with Crippen LogP contribution >= 0.6 is 0 Å². The molecule has 1 aliphatic carbocycles. The van der Waals surface area contributed by atoms with Gasteiger partial charge in [0.15, 0.2) is 0 Å². The van der Waals surface area contributed by atoms with E-state index < -0.39 is 5.97 Å². The fourth-order valence-electron chi connectivity index (χ4n) is 3.38. The van der Waals surface area contributed by atoms with E-state index in [2.05, 4.69) is 0 Å². The zero-order valence-electron chi connectivity index (χ0n) is 13.9. The van der Waals surface area contributed by atoms with Crippen molar-refractivity contribution in [1.29, 1.82) is 0 Å². The van der Waals surface area contributed by atoms with E-state index in [0.29, 0.717) is 24.6 Å². The minimum absolute atomic E-state index is 0.000262. The average molecular weight is 331 g/mol. The van der Waals surface area contributed by atoms with E-state index in [9.17, 15) is 9.59 Å². The number of carbonyl (C=O) groups is 2.